The van der Waals surface area contributed by atoms with Crippen LogP contribution in [-0.4, -0.2) is 47.2 Å². The first-order valence-corrected chi connectivity index (χ1v) is 12.7. The number of primary sulfonamides is 1. The SMILES string of the molecule is COc1cccc(CNc2nc(-c3cnc(OC)c(S(N)(=O)=O)c3)nn3ccc(-c4ccccc4)c23)n1. The van der Waals surface area contributed by atoms with Gasteiger partial charge in [-0.25, -0.2) is 33.0 Å². The van der Waals surface area contributed by atoms with Gasteiger partial charge in [-0.15, -0.1) is 5.10 Å². The molecule has 0 amide bonds. The van der Waals surface area contributed by atoms with Crippen LogP contribution in [0.4, 0.5) is 5.82 Å². The van der Waals surface area contributed by atoms with Crippen molar-refractivity contribution < 1.29 is 17.9 Å². The van der Waals surface area contributed by atoms with Gasteiger partial charge in [0.05, 0.1) is 26.5 Å². The van der Waals surface area contributed by atoms with Gasteiger partial charge in [-0.2, -0.15) is 0 Å². The molecule has 37 heavy (non-hydrogen) atoms. The van der Waals surface area contributed by atoms with Gasteiger partial charge in [-0.3, -0.25) is 0 Å². The highest BCUT2D eigenvalue weighted by molar-refractivity contribution is 7.89. The minimum atomic E-state index is -4.10. The van der Waals surface area contributed by atoms with E-state index < -0.39 is 10.0 Å². The van der Waals surface area contributed by atoms with Gasteiger partial charge in [-0.05, 0) is 23.8 Å². The molecule has 0 aliphatic carbocycles. The quantitative estimate of drug-likeness (QED) is 0.317. The van der Waals surface area contributed by atoms with E-state index in [1.807, 2.05) is 54.7 Å². The molecular formula is C25H23N7O4S. The van der Waals surface area contributed by atoms with Crippen molar-refractivity contribution in [2.45, 2.75) is 11.4 Å². The van der Waals surface area contributed by atoms with Crippen LogP contribution < -0.4 is 19.9 Å². The van der Waals surface area contributed by atoms with E-state index in [9.17, 15) is 8.42 Å². The van der Waals surface area contributed by atoms with E-state index in [1.54, 1.807) is 17.7 Å². The highest BCUT2D eigenvalue weighted by Gasteiger charge is 2.20. The van der Waals surface area contributed by atoms with Crippen molar-refractivity contribution >= 4 is 21.4 Å². The lowest BCUT2D eigenvalue weighted by Gasteiger charge is -2.13. The lowest BCUT2D eigenvalue weighted by Crippen LogP contribution is -2.14. The van der Waals surface area contributed by atoms with Crippen molar-refractivity contribution in [2.75, 3.05) is 19.5 Å². The molecule has 0 atom stereocenters. The van der Waals surface area contributed by atoms with Gasteiger partial charge < -0.3 is 14.8 Å². The molecule has 5 rings (SSSR count). The van der Waals surface area contributed by atoms with Gasteiger partial charge in [0.1, 0.15) is 10.4 Å². The number of nitrogens with one attached hydrogen (secondary N) is 1. The Balaban J connectivity index is 1.65. The van der Waals surface area contributed by atoms with Gasteiger partial charge in [0, 0.05) is 29.6 Å². The second-order valence-electron chi connectivity index (χ2n) is 7.97. The van der Waals surface area contributed by atoms with E-state index in [0.717, 1.165) is 22.3 Å². The molecule has 11 nitrogen and oxygen atoms in total. The summed E-state index contributed by atoms with van der Waals surface area (Å²) in [5.74, 6) is 1.15. The third-order valence-corrected chi connectivity index (χ3v) is 6.51. The molecule has 0 aliphatic heterocycles. The predicted octanol–water partition coefficient (Wildman–Crippen LogP) is 3.13. The third-order valence-electron chi connectivity index (χ3n) is 5.60. The molecule has 0 fully saturated rings. The second-order valence-corrected chi connectivity index (χ2v) is 9.50. The molecule has 0 aliphatic rings. The van der Waals surface area contributed by atoms with Gasteiger partial charge in [-0.1, -0.05) is 36.4 Å². The topological polar surface area (TPSA) is 147 Å². The fourth-order valence-electron chi connectivity index (χ4n) is 3.88. The van der Waals surface area contributed by atoms with Gasteiger partial charge in [0.2, 0.25) is 21.8 Å². The van der Waals surface area contributed by atoms with Gasteiger partial charge >= 0.3 is 0 Å². The summed E-state index contributed by atoms with van der Waals surface area (Å²) in [4.78, 5) is 13.0. The van der Waals surface area contributed by atoms with Crippen LogP contribution in [0, 0.1) is 0 Å². The summed E-state index contributed by atoms with van der Waals surface area (Å²) in [5.41, 5.74) is 3.75. The zero-order valence-corrected chi connectivity index (χ0v) is 20.8. The largest absolute Gasteiger partial charge is 0.481 e. The first kappa shape index (κ1) is 24.2. The van der Waals surface area contributed by atoms with Crippen molar-refractivity contribution in [1.29, 1.82) is 0 Å². The van der Waals surface area contributed by atoms with Crippen molar-refractivity contribution in [3.63, 3.8) is 0 Å². The van der Waals surface area contributed by atoms with Crippen LogP contribution in [0.2, 0.25) is 0 Å². The molecule has 12 heteroatoms. The van der Waals surface area contributed by atoms with Gasteiger partial charge in [0.25, 0.3) is 0 Å². The van der Waals surface area contributed by atoms with Crippen molar-refractivity contribution in [2.24, 2.45) is 5.14 Å². The van der Waals surface area contributed by atoms with Crippen molar-refractivity contribution in [3.8, 4) is 34.3 Å². The number of hydrogen-bond donors (Lipinski definition) is 2. The minimum absolute atomic E-state index is 0.109. The average Bonchev–Trinajstić information content (AvgIpc) is 3.36. The second kappa shape index (κ2) is 9.84. The number of rotatable bonds is 8. The Morgan fingerprint density at radius 1 is 0.973 bits per heavy atom. The van der Waals surface area contributed by atoms with Crippen molar-refractivity contribution in [1.82, 2.24) is 24.6 Å². The summed E-state index contributed by atoms with van der Waals surface area (Å²) in [6.07, 6.45) is 3.25. The summed E-state index contributed by atoms with van der Waals surface area (Å²) < 4.78 is 36.2. The number of benzene rings is 1. The first-order chi connectivity index (χ1) is 17.9. The highest BCUT2D eigenvalue weighted by atomic mass is 32.2. The van der Waals surface area contributed by atoms with Crippen LogP contribution in [-0.2, 0) is 16.6 Å². The maximum absolute atomic E-state index is 12.1. The van der Waals surface area contributed by atoms with E-state index >= 15 is 0 Å². The van der Waals surface area contributed by atoms with E-state index in [1.165, 1.54) is 19.4 Å². The van der Waals surface area contributed by atoms with Crippen LogP contribution >= 0.6 is 0 Å². The summed E-state index contributed by atoms with van der Waals surface area (Å²) in [6.45, 7) is 0.353. The fourth-order valence-corrected chi connectivity index (χ4v) is 4.55. The van der Waals surface area contributed by atoms with Crippen LogP contribution in [0.5, 0.6) is 11.8 Å². The molecule has 0 saturated heterocycles. The zero-order valence-electron chi connectivity index (χ0n) is 20.0. The number of sulfonamides is 1. The van der Waals surface area contributed by atoms with E-state index in [2.05, 4.69) is 20.4 Å². The van der Waals surface area contributed by atoms with Crippen LogP contribution in [0.3, 0.4) is 0 Å². The number of hydrogen-bond acceptors (Lipinski definition) is 9. The Morgan fingerprint density at radius 3 is 2.51 bits per heavy atom. The zero-order chi connectivity index (χ0) is 26.0. The number of aromatic nitrogens is 5. The normalized spacial score (nSPS) is 11.4. The molecule has 188 valence electrons. The molecule has 0 bridgehead atoms. The average molecular weight is 518 g/mol. The standard InChI is InChI=1S/C25H23N7O4S/c1-35-21-10-6-9-18(29-21)15-27-24-22-19(16-7-4-3-5-8-16)11-12-32(22)31-23(30-24)17-13-20(37(26,33)34)25(36-2)28-14-17/h3-14H,15H2,1-2H3,(H2,26,33,34)(H,27,30,31). The molecule has 1 aromatic carbocycles. The number of nitrogens with two attached hydrogens (primary N) is 1. The smallest absolute Gasteiger partial charge is 0.243 e. The molecule has 0 saturated carbocycles. The maximum Gasteiger partial charge on any atom is 0.243 e. The Bertz CT molecular complexity index is 1690. The summed E-state index contributed by atoms with van der Waals surface area (Å²) in [7, 11) is -1.22. The Morgan fingerprint density at radius 2 is 1.78 bits per heavy atom. The molecule has 5 aromatic rings. The number of ether oxygens (including phenoxy) is 2. The molecule has 3 N–H and O–H groups in total. The van der Waals surface area contributed by atoms with Crippen LogP contribution in [0.25, 0.3) is 28.0 Å². The molecule has 0 unspecified atom stereocenters. The van der Waals surface area contributed by atoms with E-state index in [0.29, 0.717) is 23.8 Å². The summed E-state index contributed by atoms with van der Waals surface area (Å²) in [5, 5.41) is 13.4. The molecular weight excluding hydrogens is 494 g/mol. The fraction of sp³-hybridized carbons (Fsp3) is 0.120. The maximum atomic E-state index is 12.1. The number of methoxy groups -OCH3 is 2. The number of anilines is 1. The molecule has 4 aromatic heterocycles. The lowest BCUT2D eigenvalue weighted by atomic mass is 10.1. The molecule has 0 spiro atoms. The highest BCUT2D eigenvalue weighted by Crippen LogP contribution is 2.32. The Labute approximate surface area is 213 Å². The minimum Gasteiger partial charge on any atom is -0.481 e. The Kier molecular flexibility index (Phi) is 6.42. The van der Waals surface area contributed by atoms with Crippen LogP contribution in [0.1, 0.15) is 5.69 Å². The lowest BCUT2D eigenvalue weighted by molar-refractivity contribution is 0.385. The molecule has 0 radical (unpaired) electrons. The first-order valence-electron chi connectivity index (χ1n) is 11.1. The van der Waals surface area contributed by atoms with E-state index in [-0.39, 0.29) is 16.6 Å². The Hall–Kier alpha value is -4.55. The summed E-state index contributed by atoms with van der Waals surface area (Å²) in [6, 6.07) is 18.7. The number of nitrogens with zero attached hydrogens (tertiary/aromatic N) is 5. The summed E-state index contributed by atoms with van der Waals surface area (Å²) >= 11 is 0. The van der Waals surface area contributed by atoms with Gasteiger partial charge in [0.15, 0.2) is 11.6 Å². The third kappa shape index (κ3) is 4.92. The van der Waals surface area contributed by atoms with Crippen molar-refractivity contribution in [3.05, 3.63) is 78.8 Å². The monoisotopic (exact) mass is 517 g/mol. The number of pyridine rings is 2. The number of fused-ring (bicyclic) bond motifs is 1. The van der Waals surface area contributed by atoms with E-state index in [4.69, 9.17) is 19.6 Å². The molecule has 4 heterocycles. The predicted molar refractivity (Wildman–Crippen MR) is 138 cm³/mol. The van der Waals surface area contributed by atoms with Crippen LogP contribution in [0.15, 0.2) is 78.0 Å².